The maximum atomic E-state index is 3.60. The van der Waals surface area contributed by atoms with Crippen LogP contribution in [0.25, 0.3) is 0 Å². The summed E-state index contributed by atoms with van der Waals surface area (Å²) in [6.07, 6.45) is 3.74. The summed E-state index contributed by atoms with van der Waals surface area (Å²) < 4.78 is 0. The molecule has 1 unspecified atom stereocenters. The summed E-state index contributed by atoms with van der Waals surface area (Å²) in [6, 6.07) is 0. The molecule has 0 saturated carbocycles. The zero-order valence-electron chi connectivity index (χ0n) is 10.3. The third-order valence-electron chi connectivity index (χ3n) is 3.21. The summed E-state index contributed by atoms with van der Waals surface area (Å²) in [4.78, 5) is 0. The third kappa shape index (κ3) is 4.66. The zero-order chi connectivity index (χ0) is 10.5. The first-order valence-electron chi connectivity index (χ1n) is 5.64. The van der Waals surface area contributed by atoms with Gasteiger partial charge in [0.15, 0.2) is 0 Å². The van der Waals surface area contributed by atoms with Gasteiger partial charge >= 0.3 is 0 Å². The molecular weight excluding hydrogens is 158 g/mol. The van der Waals surface area contributed by atoms with Crippen LogP contribution >= 0.6 is 0 Å². The van der Waals surface area contributed by atoms with Crippen molar-refractivity contribution in [2.75, 3.05) is 6.54 Å². The second-order valence-corrected chi connectivity index (χ2v) is 5.14. The molecular formula is C12H27N. The van der Waals surface area contributed by atoms with Crippen molar-refractivity contribution in [1.82, 2.24) is 5.32 Å². The van der Waals surface area contributed by atoms with E-state index in [9.17, 15) is 0 Å². The molecule has 0 heterocycles. The minimum absolute atomic E-state index is 0.328. The van der Waals surface area contributed by atoms with Gasteiger partial charge in [-0.3, -0.25) is 0 Å². The Hall–Kier alpha value is -0.0400. The molecule has 0 aliphatic carbocycles. The van der Waals surface area contributed by atoms with E-state index in [-0.39, 0.29) is 0 Å². The zero-order valence-corrected chi connectivity index (χ0v) is 10.3. The molecule has 0 aromatic carbocycles. The minimum atomic E-state index is 0.328. The van der Waals surface area contributed by atoms with E-state index in [2.05, 4.69) is 46.9 Å². The van der Waals surface area contributed by atoms with Gasteiger partial charge in [-0.05, 0) is 31.7 Å². The van der Waals surface area contributed by atoms with Gasteiger partial charge in [-0.2, -0.15) is 0 Å². The molecule has 1 N–H and O–H groups in total. The Morgan fingerprint density at radius 2 is 1.46 bits per heavy atom. The summed E-state index contributed by atoms with van der Waals surface area (Å²) in [5, 5.41) is 3.60. The highest BCUT2D eigenvalue weighted by atomic mass is 15.0. The number of hydrogen-bond acceptors (Lipinski definition) is 1. The molecule has 0 fully saturated rings. The second kappa shape index (κ2) is 4.99. The number of rotatable bonds is 6. The second-order valence-electron chi connectivity index (χ2n) is 5.14. The Labute approximate surface area is 84.3 Å². The van der Waals surface area contributed by atoms with E-state index in [1.54, 1.807) is 0 Å². The molecule has 0 bridgehead atoms. The standard InChI is InChI=1S/C12H27N/c1-7-11(4,5)10-12(6,8-2)13-9-3/h13H,7-10H2,1-6H3. The quantitative estimate of drug-likeness (QED) is 0.667. The van der Waals surface area contributed by atoms with Gasteiger partial charge in [0.05, 0.1) is 0 Å². The van der Waals surface area contributed by atoms with Crippen LogP contribution in [0.4, 0.5) is 0 Å². The van der Waals surface area contributed by atoms with E-state index in [4.69, 9.17) is 0 Å². The van der Waals surface area contributed by atoms with Crippen molar-refractivity contribution in [2.24, 2.45) is 5.41 Å². The Morgan fingerprint density at radius 3 is 1.77 bits per heavy atom. The minimum Gasteiger partial charge on any atom is -0.312 e. The number of hydrogen-bond donors (Lipinski definition) is 1. The Balaban J connectivity index is 4.25. The van der Waals surface area contributed by atoms with Crippen molar-refractivity contribution in [3.05, 3.63) is 0 Å². The summed E-state index contributed by atoms with van der Waals surface area (Å²) in [6.45, 7) is 14.9. The average Bonchev–Trinajstić information content (AvgIpc) is 2.04. The van der Waals surface area contributed by atoms with Crippen LogP contribution in [0, 0.1) is 5.41 Å². The monoisotopic (exact) mass is 185 g/mol. The van der Waals surface area contributed by atoms with Gasteiger partial charge in [0.1, 0.15) is 0 Å². The van der Waals surface area contributed by atoms with E-state index in [1.165, 1.54) is 19.3 Å². The van der Waals surface area contributed by atoms with Crippen LogP contribution < -0.4 is 5.32 Å². The lowest BCUT2D eigenvalue weighted by molar-refractivity contribution is 0.198. The Morgan fingerprint density at radius 1 is 0.923 bits per heavy atom. The molecule has 0 aromatic heterocycles. The normalized spacial score (nSPS) is 17.1. The predicted molar refractivity (Wildman–Crippen MR) is 61.1 cm³/mol. The van der Waals surface area contributed by atoms with Gasteiger partial charge in [-0.15, -0.1) is 0 Å². The van der Waals surface area contributed by atoms with Crippen LogP contribution in [0.1, 0.15) is 60.8 Å². The maximum absolute atomic E-state index is 3.60. The Kier molecular flexibility index (Phi) is 4.98. The van der Waals surface area contributed by atoms with Gasteiger partial charge in [0.25, 0.3) is 0 Å². The van der Waals surface area contributed by atoms with E-state index in [0.29, 0.717) is 11.0 Å². The number of nitrogens with one attached hydrogen (secondary N) is 1. The molecule has 0 rings (SSSR count). The molecule has 0 saturated heterocycles. The fourth-order valence-electron chi connectivity index (χ4n) is 1.92. The average molecular weight is 185 g/mol. The molecule has 1 heteroatoms. The fourth-order valence-corrected chi connectivity index (χ4v) is 1.92. The van der Waals surface area contributed by atoms with Gasteiger partial charge in [-0.1, -0.05) is 41.0 Å². The molecule has 80 valence electrons. The van der Waals surface area contributed by atoms with Crippen molar-refractivity contribution in [1.29, 1.82) is 0 Å². The van der Waals surface area contributed by atoms with Gasteiger partial charge in [0.2, 0.25) is 0 Å². The fraction of sp³-hybridized carbons (Fsp3) is 1.00. The van der Waals surface area contributed by atoms with Gasteiger partial charge in [-0.25, -0.2) is 0 Å². The van der Waals surface area contributed by atoms with Crippen LogP contribution in [-0.2, 0) is 0 Å². The maximum Gasteiger partial charge on any atom is 0.0155 e. The Bertz CT molecular complexity index is 140. The summed E-state index contributed by atoms with van der Waals surface area (Å²) >= 11 is 0. The van der Waals surface area contributed by atoms with Crippen LogP contribution in [-0.4, -0.2) is 12.1 Å². The molecule has 0 aromatic rings. The smallest absolute Gasteiger partial charge is 0.0155 e. The van der Waals surface area contributed by atoms with Crippen molar-refractivity contribution < 1.29 is 0 Å². The summed E-state index contributed by atoms with van der Waals surface area (Å²) in [5.41, 5.74) is 0.793. The van der Waals surface area contributed by atoms with Crippen molar-refractivity contribution >= 4 is 0 Å². The molecule has 0 spiro atoms. The van der Waals surface area contributed by atoms with Crippen LogP contribution in [0.5, 0.6) is 0 Å². The van der Waals surface area contributed by atoms with Crippen molar-refractivity contribution in [3.8, 4) is 0 Å². The lowest BCUT2D eigenvalue weighted by Gasteiger charge is -2.37. The third-order valence-corrected chi connectivity index (χ3v) is 3.21. The lowest BCUT2D eigenvalue weighted by atomic mass is 9.76. The van der Waals surface area contributed by atoms with E-state index < -0.39 is 0 Å². The van der Waals surface area contributed by atoms with Crippen LogP contribution in [0.15, 0.2) is 0 Å². The van der Waals surface area contributed by atoms with E-state index in [0.717, 1.165) is 6.54 Å². The first kappa shape index (κ1) is 13.0. The van der Waals surface area contributed by atoms with Crippen LogP contribution in [0.2, 0.25) is 0 Å². The molecule has 1 atom stereocenters. The highest BCUT2D eigenvalue weighted by Gasteiger charge is 2.28. The van der Waals surface area contributed by atoms with E-state index in [1.807, 2.05) is 0 Å². The van der Waals surface area contributed by atoms with Crippen molar-refractivity contribution in [2.45, 2.75) is 66.3 Å². The largest absolute Gasteiger partial charge is 0.312 e. The van der Waals surface area contributed by atoms with Crippen molar-refractivity contribution in [3.63, 3.8) is 0 Å². The first-order valence-corrected chi connectivity index (χ1v) is 5.64. The molecule has 13 heavy (non-hydrogen) atoms. The first-order chi connectivity index (χ1) is 5.89. The molecule has 0 radical (unpaired) electrons. The highest BCUT2D eigenvalue weighted by molar-refractivity contribution is 4.87. The lowest BCUT2D eigenvalue weighted by Crippen LogP contribution is -2.44. The van der Waals surface area contributed by atoms with Gasteiger partial charge < -0.3 is 5.32 Å². The predicted octanol–water partition coefficient (Wildman–Crippen LogP) is 3.59. The molecule has 0 amide bonds. The van der Waals surface area contributed by atoms with E-state index >= 15 is 0 Å². The highest BCUT2D eigenvalue weighted by Crippen LogP contribution is 2.32. The summed E-state index contributed by atoms with van der Waals surface area (Å²) in [7, 11) is 0. The molecule has 0 aliphatic rings. The molecule has 1 nitrogen and oxygen atoms in total. The van der Waals surface area contributed by atoms with Gasteiger partial charge in [0, 0.05) is 5.54 Å². The molecule has 0 aliphatic heterocycles. The topological polar surface area (TPSA) is 12.0 Å². The SMILES string of the molecule is CCNC(C)(CC)CC(C)(C)CC. The van der Waals surface area contributed by atoms with Crippen LogP contribution in [0.3, 0.4) is 0 Å². The summed E-state index contributed by atoms with van der Waals surface area (Å²) in [5.74, 6) is 0.